The van der Waals surface area contributed by atoms with E-state index in [0.717, 1.165) is 0 Å². The number of aliphatic hydroxyl groups excluding tert-OH is 1. The Labute approximate surface area is 201 Å². The van der Waals surface area contributed by atoms with Crippen LogP contribution in [-0.2, 0) is 16.0 Å². The number of hydrogen-bond donors (Lipinski definition) is 2. The maximum absolute atomic E-state index is 11.8. The highest BCUT2D eigenvalue weighted by molar-refractivity contribution is 6.30. The van der Waals surface area contributed by atoms with Crippen molar-refractivity contribution >= 4 is 23.0 Å². The first-order valence-electron chi connectivity index (χ1n) is 10.5. The second-order valence-electron chi connectivity index (χ2n) is 8.10. The molecule has 34 heavy (non-hydrogen) atoms. The summed E-state index contributed by atoms with van der Waals surface area (Å²) in [6, 6.07) is 10.6. The molecule has 0 saturated heterocycles. The van der Waals surface area contributed by atoms with Crippen molar-refractivity contribution in [1.29, 1.82) is 0 Å². The lowest BCUT2D eigenvalue weighted by Crippen LogP contribution is -2.62. The number of benzene rings is 2. The van der Waals surface area contributed by atoms with Gasteiger partial charge in [0, 0.05) is 55.0 Å². The minimum atomic E-state index is -1.35. The first kappa shape index (κ1) is 24.0. The molecule has 1 aromatic heterocycles. The summed E-state index contributed by atoms with van der Waals surface area (Å²) in [6.45, 7) is 1.92. The van der Waals surface area contributed by atoms with Gasteiger partial charge in [-0.25, -0.2) is 4.98 Å². The van der Waals surface area contributed by atoms with Crippen LogP contribution in [0.15, 0.2) is 54.9 Å². The molecule has 2 heterocycles. The number of H-pyrrole nitrogens is 1. The van der Waals surface area contributed by atoms with Gasteiger partial charge < -0.3 is 29.2 Å². The van der Waals surface area contributed by atoms with Crippen LogP contribution in [0.4, 0.5) is 11.4 Å². The highest BCUT2D eigenvalue weighted by atomic mass is 35.5. The number of imidazole rings is 1. The molecule has 11 heteroatoms. The Morgan fingerprint density at radius 1 is 1.32 bits per heavy atom. The molecule has 10 nitrogen and oxygen atoms in total. The lowest BCUT2D eigenvalue weighted by Gasteiger charge is -2.49. The maximum atomic E-state index is 11.8. The summed E-state index contributed by atoms with van der Waals surface area (Å²) >= 11 is 6.30. The Morgan fingerprint density at radius 2 is 2.09 bits per heavy atom. The molecular formula is C23H25ClN4O6. The Kier molecular flexibility index (Phi) is 6.76. The topological polar surface area (TPSA) is 123 Å². The van der Waals surface area contributed by atoms with E-state index in [0.29, 0.717) is 27.8 Å². The van der Waals surface area contributed by atoms with Gasteiger partial charge in [-0.3, -0.25) is 10.1 Å². The molecule has 1 aliphatic rings. The number of nitro benzene ring substituents is 1. The predicted molar refractivity (Wildman–Crippen MR) is 125 cm³/mol. The van der Waals surface area contributed by atoms with E-state index in [1.807, 2.05) is 11.0 Å². The fourth-order valence-electron chi connectivity index (χ4n) is 4.40. The van der Waals surface area contributed by atoms with Crippen molar-refractivity contribution in [3.05, 3.63) is 81.4 Å². The van der Waals surface area contributed by atoms with Crippen LogP contribution in [-0.4, -0.2) is 52.2 Å². The Bertz CT molecular complexity index is 1160. The zero-order valence-electron chi connectivity index (χ0n) is 18.8. The van der Waals surface area contributed by atoms with E-state index in [-0.39, 0.29) is 12.2 Å². The average Bonchev–Trinajstić information content (AvgIpc) is 3.32. The van der Waals surface area contributed by atoms with E-state index in [9.17, 15) is 15.2 Å². The fraction of sp³-hybridized carbons (Fsp3) is 0.348. The van der Waals surface area contributed by atoms with Crippen molar-refractivity contribution in [2.75, 3.05) is 19.1 Å². The summed E-state index contributed by atoms with van der Waals surface area (Å²) in [4.78, 5) is 20.3. The van der Waals surface area contributed by atoms with Crippen molar-refractivity contribution in [2.45, 2.75) is 37.5 Å². The number of nitrogens with zero attached hydrogens (tertiary/aromatic N) is 3. The summed E-state index contributed by atoms with van der Waals surface area (Å²) < 4.78 is 17.1. The lowest BCUT2D eigenvalue weighted by molar-refractivity contribution is -0.385. The molecule has 4 rings (SSSR count). The molecule has 0 amide bonds. The summed E-state index contributed by atoms with van der Waals surface area (Å²) in [5, 5.41) is 23.8. The molecule has 0 bridgehead atoms. The fourth-order valence-corrected chi connectivity index (χ4v) is 4.58. The number of ether oxygens (including phenoxy) is 3. The van der Waals surface area contributed by atoms with E-state index in [4.69, 9.17) is 25.8 Å². The van der Waals surface area contributed by atoms with Crippen molar-refractivity contribution < 1.29 is 24.2 Å². The van der Waals surface area contributed by atoms with E-state index >= 15 is 0 Å². The normalized spacial score (nSPS) is 21.7. The van der Waals surface area contributed by atoms with E-state index in [1.54, 1.807) is 37.5 Å². The molecule has 0 fully saturated rings. The van der Waals surface area contributed by atoms with Gasteiger partial charge in [-0.1, -0.05) is 17.7 Å². The van der Waals surface area contributed by atoms with Crippen LogP contribution in [0, 0.1) is 10.1 Å². The zero-order valence-corrected chi connectivity index (χ0v) is 19.6. The van der Waals surface area contributed by atoms with Gasteiger partial charge in [0.15, 0.2) is 11.9 Å². The number of aromatic amines is 1. The van der Waals surface area contributed by atoms with Crippen molar-refractivity contribution in [2.24, 2.45) is 0 Å². The van der Waals surface area contributed by atoms with Crippen LogP contribution >= 0.6 is 11.6 Å². The van der Waals surface area contributed by atoms with Crippen LogP contribution in [0.5, 0.6) is 5.75 Å². The largest absolute Gasteiger partial charge is 0.479 e. The smallest absolute Gasteiger partial charge is 0.270 e. The monoisotopic (exact) mass is 488 g/mol. The standard InChI is InChI=1S/C23H25ClN4O6/c1-23(22(32-2)33-3)21(29)20(17-12-16(28(30)31)7-8-18(17)34-23)27(13-19-25-9-10-26-19)15-6-4-5-14(24)11-15/h4-12,20-22,29H,13H2,1-3H3,(H,25,26)/t20-,21+,23+/m1/s1. The van der Waals surface area contributed by atoms with Crippen molar-refractivity contribution in [3.63, 3.8) is 0 Å². The molecule has 2 aromatic carbocycles. The van der Waals surface area contributed by atoms with Gasteiger partial charge >= 0.3 is 0 Å². The van der Waals surface area contributed by atoms with Crippen LogP contribution in [0.2, 0.25) is 5.02 Å². The third-order valence-corrected chi connectivity index (χ3v) is 6.22. The number of non-ortho nitro benzene ring substituents is 1. The molecular weight excluding hydrogens is 464 g/mol. The predicted octanol–water partition coefficient (Wildman–Crippen LogP) is 3.85. The first-order chi connectivity index (χ1) is 16.3. The van der Waals surface area contributed by atoms with Crippen LogP contribution in [0.25, 0.3) is 0 Å². The number of rotatable bonds is 8. The number of hydrogen-bond acceptors (Lipinski definition) is 8. The number of anilines is 1. The number of nitrogens with one attached hydrogen (secondary N) is 1. The van der Waals surface area contributed by atoms with Gasteiger partial charge in [-0.15, -0.1) is 0 Å². The maximum Gasteiger partial charge on any atom is 0.270 e. The Hall–Kier alpha value is -3.18. The van der Waals surface area contributed by atoms with Gasteiger partial charge in [0.25, 0.3) is 5.69 Å². The molecule has 0 saturated carbocycles. The average molecular weight is 489 g/mol. The SMILES string of the molecule is COC(OC)[C@@]1(C)Oc2ccc([N+](=O)[O-])cc2[C@@H](N(Cc2ncc[nH]2)c2cccc(Cl)c2)[C@@H]1O. The molecule has 1 aliphatic heterocycles. The molecule has 0 unspecified atom stereocenters. The van der Waals surface area contributed by atoms with Crippen LogP contribution in [0.1, 0.15) is 24.4 Å². The molecule has 3 atom stereocenters. The zero-order chi connectivity index (χ0) is 24.5. The minimum Gasteiger partial charge on any atom is -0.479 e. The third kappa shape index (κ3) is 4.32. The number of aliphatic hydroxyl groups is 1. The quantitative estimate of drug-likeness (QED) is 0.278. The van der Waals surface area contributed by atoms with E-state index < -0.39 is 29.0 Å². The van der Waals surface area contributed by atoms with Gasteiger partial charge in [0.05, 0.1) is 17.5 Å². The Morgan fingerprint density at radius 3 is 2.71 bits per heavy atom. The molecule has 0 radical (unpaired) electrons. The minimum absolute atomic E-state index is 0.123. The van der Waals surface area contributed by atoms with Gasteiger partial charge in [-0.05, 0) is 31.2 Å². The number of halogens is 1. The van der Waals surface area contributed by atoms with E-state index in [2.05, 4.69) is 9.97 Å². The summed E-state index contributed by atoms with van der Waals surface area (Å²) in [7, 11) is 2.90. The molecule has 3 aromatic rings. The first-order valence-corrected chi connectivity index (χ1v) is 10.9. The number of aromatic nitrogens is 2. The molecule has 180 valence electrons. The summed E-state index contributed by atoms with van der Waals surface area (Å²) in [5.41, 5.74) is -0.350. The Balaban J connectivity index is 1.93. The number of methoxy groups -OCH3 is 2. The van der Waals surface area contributed by atoms with Crippen LogP contribution < -0.4 is 9.64 Å². The second-order valence-corrected chi connectivity index (χ2v) is 8.54. The lowest BCUT2D eigenvalue weighted by atomic mass is 9.83. The summed E-state index contributed by atoms with van der Waals surface area (Å²) in [6.07, 6.45) is 1.15. The van der Waals surface area contributed by atoms with Gasteiger partial charge in [-0.2, -0.15) is 0 Å². The van der Waals surface area contributed by atoms with Crippen LogP contribution in [0.3, 0.4) is 0 Å². The molecule has 0 spiro atoms. The highest BCUT2D eigenvalue weighted by Crippen LogP contribution is 2.47. The van der Waals surface area contributed by atoms with Crippen molar-refractivity contribution in [3.8, 4) is 5.75 Å². The van der Waals surface area contributed by atoms with Gasteiger partial charge in [0.1, 0.15) is 17.7 Å². The van der Waals surface area contributed by atoms with E-state index in [1.165, 1.54) is 32.4 Å². The third-order valence-electron chi connectivity index (χ3n) is 5.99. The second kappa shape index (κ2) is 9.59. The van der Waals surface area contributed by atoms with Gasteiger partial charge in [0.2, 0.25) is 0 Å². The highest BCUT2D eigenvalue weighted by Gasteiger charge is 2.54. The molecule has 2 N–H and O–H groups in total. The number of fused-ring (bicyclic) bond motifs is 1. The van der Waals surface area contributed by atoms with Crippen molar-refractivity contribution in [1.82, 2.24) is 9.97 Å². The summed E-state index contributed by atoms with van der Waals surface area (Å²) in [5.74, 6) is 0.997. The number of nitro groups is 1. The molecule has 0 aliphatic carbocycles.